The van der Waals surface area contributed by atoms with Crippen molar-refractivity contribution in [1.82, 2.24) is 10.2 Å². The second-order valence-electron chi connectivity index (χ2n) is 6.40. The number of amides is 2. The molecule has 0 spiro atoms. The van der Waals surface area contributed by atoms with Crippen molar-refractivity contribution in [3.8, 4) is 0 Å². The fourth-order valence-electron chi connectivity index (χ4n) is 2.76. The summed E-state index contributed by atoms with van der Waals surface area (Å²) in [5.41, 5.74) is 0.826. The lowest BCUT2D eigenvalue weighted by Gasteiger charge is -2.19. The minimum atomic E-state index is -0.356. The number of hydrogen-bond donors (Lipinski definition) is 1. The molecule has 29 heavy (non-hydrogen) atoms. The summed E-state index contributed by atoms with van der Waals surface area (Å²) in [7, 11) is 1.60. The molecule has 9 heteroatoms. The first-order valence-electron chi connectivity index (χ1n) is 9.25. The van der Waals surface area contributed by atoms with Crippen LogP contribution in [-0.4, -0.2) is 29.1 Å². The number of rotatable bonds is 8. The Balaban J connectivity index is 1.74. The average molecular weight is 477 g/mol. The molecule has 2 heterocycles. The molecule has 7 nitrogen and oxygen atoms in total. The highest BCUT2D eigenvalue weighted by Crippen LogP contribution is 2.25. The van der Waals surface area contributed by atoms with E-state index in [2.05, 4.69) is 38.4 Å². The lowest BCUT2D eigenvalue weighted by molar-refractivity contribution is 0.0965. The third kappa shape index (κ3) is 5.30. The summed E-state index contributed by atoms with van der Waals surface area (Å²) in [5, 5.41) is 12.3. The van der Waals surface area contributed by atoms with Gasteiger partial charge in [0.1, 0.15) is 5.01 Å². The number of benzene rings is 1. The van der Waals surface area contributed by atoms with Crippen LogP contribution in [0.4, 0.5) is 10.8 Å². The van der Waals surface area contributed by atoms with Crippen LogP contribution in [0, 0.1) is 0 Å². The summed E-state index contributed by atoms with van der Waals surface area (Å²) in [6.45, 7) is 2.15. The van der Waals surface area contributed by atoms with Gasteiger partial charge in [0, 0.05) is 13.5 Å². The van der Waals surface area contributed by atoms with E-state index < -0.39 is 0 Å². The predicted molar refractivity (Wildman–Crippen MR) is 117 cm³/mol. The Morgan fingerprint density at radius 2 is 1.97 bits per heavy atom. The number of furan rings is 1. The summed E-state index contributed by atoms with van der Waals surface area (Å²) in [4.78, 5) is 26.9. The Labute approximate surface area is 181 Å². The van der Waals surface area contributed by atoms with Crippen molar-refractivity contribution < 1.29 is 14.0 Å². The van der Waals surface area contributed by atoms with Crippen LogP contribution in [0.1, 0.15) is 52.1 Å². The number of aromatic nitrogens is 2. The molecule has 0 atom stereocenters. The van der Waals surface area contributed by atoms with Crippen molar-refractivity contribution >= 4 is 49.9 Å². The SMILES string of the molecule is CCCCCc1nnc(NC(=O)c2ccccc2N(C)C(=O)c2ccc(Br)o2)s1. The molecule has 0 saturated heterocycles. The van der Waals surface area contributed by atoms with Gasteiger partial charge in [0.05, 0.1) is 11.3 Å². The fourth-order valence-corrected chi connectivity index (χ4v) is 3.84. The van der Waals surface area contributed by atoms with Crippen molar-refractivity contribution in [2.45, 2.75) is 32.6 Å². The van der Waals surface area contributed by atoms with Gasteiger partial charge in [0.15, 0.2) is 10.4 Å². The quantitative estimate of drug-likeness (QED) is 0.453. The summed E-state index contributed by atoms with van der Waals surface area (Å²) < 4.78 is 5.80. The maximum Gasteiger partial charge on any atom is 0.293 e. The molecule has 1 N–H and O–H groups in total. The molecule has 2 amide bonds. The Hall–Kier alpha value is -2.52. The smallest absolute Gasteiger partial charge is 0.293 e. The van der Waals surface area contributed by atoms with E-state index in [4.69, 9.17) is 4.42 Å². The Kier molecular flexibility index (Phi) is 7.16. The lowest BCUT2D eigenvalue weighted by atomic mass is 10.1. The number of nitrogens with one attached hydrogen (secondary N) is 1. The molecule has 0 aliphatic rings. The monoisotopic (exact) mass is 476 g/mol. The van der Waals surface area contributed by atoms with Crippen LogP contribution in [0.3, 0.4) is 0 Å². The fraction of sp³-hybridized carbons (Fsp3) is 0.300. The summed E-state index contributed by atoms with van der Waals surface area (Å²) in [6, 6.07) is 10.1. The van der Waals surface area contributed by atoms with E-state index in [-0.39, 0.29) is 17.6 Å². The number of para-hydroxylation sites is 1. The second-order valence-corrected chi connectivity index (χ2v) is 8.24. The van der Waals surface area contributed by atoms with Gasteiger partial charge in [0.2, 0.25) is 5.13 Å². The van der Waals surface area contributed by atoms with Gasteiger partial charge in [-0.2, -0.15) is 0 Å². The van der Waals surface area contributed by atoms with E-state index in [0.717, 1.165) is 30.7 Å². The van der Waals surface area contributed by atoms with Crippen LogP contribution < -0.4 is 10.2 Å². The van der Waals surface area contributed by atoms with Crippen LogP contribution in [0.25, 0.3) is 0 Å². The lowest BCUT2D eigenvalue weighted by Crippen LogP contribution is -2.28. The molecular formula is C20H21BrN4O3S. The van der Waals surface area contributed by atoms with Gasteiger partial charge in [0.25, 0.3) is 11.8 Å². The van der Waals surface area contributed by atoms with Crippen molar-refractivity contribution in [2.75, 3.05) is 17.3 Å². The highest BCUT2D eigenvalue weighted by molar-refractivity contribution is 9.10. The Morgan fingerprint density at radius 3 is 2.69 bits per heavy atom. The van der Waals surface area contributed by atoms with Gasteiger partial charge in [-0.1, -0.05) is 43.2 Å². The molecular weight excluding hydrogens is 456 g/mol. The topological polar surface area (TPSA) is 88.3 Å². The third-order valence-corrected chi connectivity index (χ3v) is 5.60. The summed E-state index contributed by atoms with van der Waals surface area (Å²) in [5.74, 6) is -0.530. The summed E-state index contributed by atoms with van der Waals surface area (Å²) >= 11 is 4.56. The molecule has 0 aliphatic heterocycles. The second kappa shape index (κ2) is 9.80. The third-order valence-electron chi connectivity index (χ3n) is 4.28. The van der Waals surface area contributed by atoms with Crippen molar-refractivity contribution in [3.05, 3.63) is 57.4 Å². The number of nitrogens with zero attached hydrogens (tertiary/aromatic N) is 3. The van der Waals surface area contributed by atoms with Gasteiger partial charge in [-0.25, -0.2) is 0 Å². The van der Waals surface area contributed by atoms with Crippen LogP contribution in [0.5, 0.6) is 0 Å². The van der Waals surface area contributed by atoms with E-state index in [0.29, 0.717) is 21.1 Å². The molecule has 2 aromatic heterocycles. The number of unbranched alkanes of at least 4 members (excludes halogenated alkanes) is 2. The van der Waals surface area contributed by atoms with Crippen LogP contribution in [0.2, 0.25) is 0 Å². The van der Waals surface area contributed by atoms with E-state index >= 15 is 0 Å². The van der Waals surface area contributed by atoms with Crippen molar-refractivity contribution in [2.24, 2.45) is 0 Å². The minimum absolute atomic E-state index is 0.176. The van der Waals surface area contributed by atoms with E-state index in [1.807, 2.05) is 0 Å². The van der Waals surface area contributed by atoms with E-state index in [9.17, 15) is 9.59 Å². The zero-order chi connectivity index (χ0) is 20.8. The largest absolute Gasteiger partial charge is 0.444 e. The first kappa shape index (κ1) is 21.2. The number of carbonyl (C=O) groups is 2. The normalized spacial score (nSPS) is 10.7. The summed E-state index contributed by atoms with van der Waals surface area (Å²) in [6.07, 6.45) is 4.19. The maximum atomic E-state index is 12.8. The van der Waals surface area contributed by atoms with Crippen LogP contribution in [0.15, 0.2) is 45.5 Å². The zero-order valence-corrected chi connectivity index (χ0v) is 18.5. The average Bonchev–Trinajstić information content (AvgIpc) is 3.36. The molecule has 0 aliphatic carbocycles. The first-order valence-corrected chi connectivity index (χ1v) is 10.9. The number of halogens is 1. The Bertz CT molecular complexity index is 1000. The molecule has 1 aromatic carbocycles. The van der Waals surface area contributed by atoms with Gasteiger partial charge >= 0.3 is 0 Å². The molecule has 0 fully saturated rings. The highest BCUT2D eigenvalue weighted by Gasteiger charge is 2.22. The van der Waals surface area contributed by atoms with Crippen LogP contribution in [-0.2, 0) is 6.42 Å². The molecule has 0 saturated carbocycles. The molecule has 0 radical (unpaired) electrons. The van der Waals surface area contributed by atoms with E-state index in [1.54, 1.807) is 43.4 Å². The van der Waals surface area contributed by atoms with Crippen LogP contribution >= 0.6 is 27.3 Å². The van der Waals surface area contributed by atoms with E-state index in [1.165, 1.54) is 16.2 Å². The number of aryl methyl sites for hydroxylation is 1. The van der Waals surface area contributed by atoms with Gasteiger partial charge in [-0.05, 0) is 46.6 Å². The van der Waals surface area contributed by atoms with Crippen molar-refractivity contribution in [3.63, 3.8) is 0 Å². The highest BCUT2D eigenvalue weighted by atomic mass is 79.9. The molecule has 3 rings (SSSR count). The minimum Gasteiger partial charge on any atom is -0.444 e. The molecule has 0 bridgehead atoms. The number of anilines is 2. The number of carbonyl (C=O) groups excluding carboxylic acids is 2. The standard InChI is InChI=1S/C20H21BrN4O3S/c1-3-4-5-10-17-23-24-20(29-17)22-18(26)13-8-6-7-9-14(13)25(2)19(27)15-11-12-16(21)28-15/h6-9,11-12H,3-5,10H2,1-2H3,(H,22,24,26). The van der Waals surface area contributed by atoms with Gasteiger partial charge < -0.3 is 9.32 Å². The first-order chi connectivity index (χ1) is 14.0. The van der Waals surface area contributed by atoms with Gasteiger partial charge in [-0.15, -0.1) is 10.2 Å². The Morgan fingerprint density at radius 1 is 1.17 bits per heavy atom. The van der Waals surface area contributed by atoms with Gasteiger partial charge in [-0.3, -0.25) is 14.9 Å². The maximum absolute atomic E-state index is 12.8. The van der Waals surface area contributed by atoms with Crippen molar-refractivity contribution in [1.29, 1.82) is 0 Å². The molecule has 3 aromatic rings. The number of hydrogen-bond acceptors (Lipinski definition) is 6. The predicted octanol–water partition coefficient (Wildman–Crippen LogP) is 5.16. The molecule has 0 unspecified atom stereocenters. The zero-order valence-electron chi connectivity index (χ0n) is 16.1. The molecule has 152 valence electrons.